The highest BCUT2D eigenvalue weighted by Gasteiger charge is 2.38. The van der Waals surface area contributed by atoms with Crippen LogP contribution in [0.3, 0.4) is 0 Å². The molecule has 1 aliphatic rings. The second-order valence-corrected chi connectivity index (χ2v) is 12.2. The van der Waals surface area contributed by atoms with Gasteiger partial charge in [-0.15, -0.1) is 23.1 Å². The molecule has 196 valence electrons. The van der Waals surface area contributed by atoms with Gasteiger partial charge in [-0.3, -0.25) is 14.5 Å². The van der Waals surface area contributed by atoms with Crippen LogP contribution < -0.4 is 10.2 Å². The Morgan fingerprint density at radius 1 is 1.13 bits per heavy atom. The van der Waals surface area contributed by atoms with Gasteiger partial charge in [0.05, 0.1) is 26.6 Å². The van der Waals surface area contributed by atoms with E-state index in [0.717, 1.165) is 21.7 Å². The lowest BCUT2D eigenvalue weighted by Gasteiger charge is -2.23. The zero-order chi connectivity index (χ0) is 26.8. The third kappa shape index (κ3) is 5.50. The Morgan fingerprint density at radius 3 is 2.66 bits per heavy atom. The molecule has 1 aliphatic heterocycles. The van der Waals surface area contributed by atoms with Crippen molar-refractivity contribution < 1.29 is 9.59 Å². The Bertz CT molecular complexity index is 1470. The fourth-order valence-corrected chi connectivity index (χ4v) is 6.68. The van der Waals surface area contributed by atoms with Gasteiger partial charge in [0.15, 0.2) is 0 Å². The third-order valence-electron chi connectivity index (χ3n) is 6.08. The number of carbonyl (C=O) groups is 2. The molecule has 6 nitrogen and oxygen atoms in total. The van der Waals surface area contributed by atoms with E-state index in [2.05, 4.69) is 5.32 Å². The van der Waals surface area contributed by atoms with Crippen molar-refractivity contribution in [3.8, 4) is 16.3 Å². The molecule has 0 radical (unpaired) electrons. The Labute approximate surface area is 239 Å². The minimum Gasteiger partial charge on any atom is -0.354 e. The summed E-state index contributed by atoms with van der Waals surface area (Å²) in [5.41, 5.74) is 3.18. The molecule has 1 atom stereocenters. The van der Waals surface area contributed by atoms with Crippen LogP contribution in [0.2, 0.25) is 10.0 Å². The molecule has 38 heavy (non-hydrogen) atoms. The first-order valence-electron chi connectivity index (χ1n) is 12.2. The molecule has 0 bridgehead atoms. The van der Waals surface area contributed by atoms with Gasteiger partial charge < -0.3 is 5.32 Å². The van der Waals surface area contributed by atoms with Gasteiger partial charge >= 0.3 is 0 Å². The highest BCUT2D eigenvalue weighted by atomic mass is 35.5. The average molecular weight is 586 g/mol. The van der Waals surface area contributed by atoms with Crippen molar-refractivity contribution in [1.29, 1.82) is 0 Å². The van der Waals surface area contributed by atoms with E-state index < -0.39 is 0 Å². The van der Waals surface area contributed by atoms with Crippen LogP contribution in [0, 0.1) is 5.92 Å². The van der Waals surface area contributed by atoms with Crippen LogP contribution in [0.5, 0.6) is 0 Å². The van der Waals surface area contributed by atoms with Crippen LogP contribution in [0.4, 0.5) is 5.82 Å². The molecule has 2 aromatic carbocycles. The van der Waals surface area contributed by atoms with E-state index in [9.17, 15) is 9.59 Å². The smallest absolute Gasteiger partial charge is 0.240 e. The Balaban J connectivity index is 1.76. The number of nitrogens with zero attached hydrogens (tertiary/aromatic N) is 3. The van der Waals surface area contributed by atoms with Crippen molar-refractivity contribution in [3.63, 3.8) is 0 Å². The van der Waals surface area contributed by atoms with Gasteiger partial charge in [-0.25, -0.2) is 4.68 Å². The maximum atomic E-state index is 13.7. The van der Waals surface area contributed by atoms with Gasteiger partial charge in [0.25, 0.3) is 0 Å². The van der Waals surface area contributed by atoms with Crippen LogP contribution in [0.15, 0.2) is 66.0 Å². The van der Waals surface area contributed by atoms with Crippen LogP contribution in [0.1, 0.15) is 30.2 Å². The van der Waals surface area contributed by atoms with Crippen molar-refractivity contribution in [3.05, 3.63) is 87.2 Å². The SMILES string of the molecule is CC(C)CNC(=O)CN1C(=O)CSC(c2cccc(Cl)c2)c2c(-c3cccs3)nn(-c3ccccc3Cl)c21. The molecule has 3 heterocycles. The van der Waals surface area contributed by atoms with Gasteiger partial charge in [-0.1, -0.05) is 67.4 Å². The average Bonchev–Trinajstić information content (AvgIpc) is 3.52. The minimum atomic E-state index is -0.246. The molecule has 2 amide bonds. The maximum Gasteiger partial charge on any atom is 0.240 e. The summed E-state index contributed by atoms with van der Waals surface area (Å²) in [6.45, 7) is 4.46. The van der Waals surface area contributed by atoms with Crippen LogP contribution in [-0.4, -0.2) is 40.4 Å². The second kappa shape index (κ2) is 11.5. The molecular weight excluding hydrogens is 559 g/mol. The third-order valence-corrected chi connectivity index (χ3v) is 8.77. The normalized spacial score (nSPS) is 15.4. The van der Waals surface area contributed by atoms with Crippen LogP contribution in [-0.2, 0) is 9.59 Å². The number of nitrogens with one attached hydrogen (secondary N) is 1. The quantitative estimate of drug-likeness (QED) is 0.258. The number of thioether (sulfide) groups is 1. The van der Waals surface area contributed by atoms with Crippen LogP contribution in [0.25, 0.3) is 16.3 Å². The number of para-hydroxylation sites is 1. The number of halogens is 2. The van der Waals surface area contributed by atoms with Gasteiger partial charge in [0.1, 0.15) is 18.1 Å². The summed E-state index contributed by atoms with van der Waals surface area (Å²) in [7, 11) is 0. The first-order chi connectivity index (χ1) is 18.3. The van der Waals surface area contributed by atoms with Crippen molar-refractivity contribution in [1.82, 2.24) is 15.1 Å². The molecule has 0 saturated heterocycles. The molecule has 4 aromatic rings. The summed E-state index contributed by atoms with van der Waals surface area (Å²) in [4.78, 5) is 29.2. The number of amides is 2. The van der Waals surface area contributed by atoms with E-state index in [4.69, 9.17) is 28.3 Å². The number of anilines is 1. The first kappa shape index (κ1) is 26.8. The van der Waals surface area contributed by atoms with Crippen molar-refractivity contribution in [2.45, 2.75) is 19.1 Å². The van der Waals surface area contributed by atoms with Crippen molar-refractivity contribution >= 4 is 63.9 Å². The zero-order valence-corrected chi connectivity index (χ0v) is 24.0. The number of hydrogen-bond donors (Lipinski definition) is 1. The predicted molar refractivity (Wildman–Crippen MR) is 158 cm³/mol. The molecular formula is C28H26Cl2N4O2S2. The van der Waals surface area contributed by atoms with E-state index >= 15 is 0 Å². The molecule has 2 aromatic heterocycles. The monoisotopic (exact) mass is 584 g/mol. The van der Waals surface area contributed by atoms with Gasteiger partial charge in [-0.2, -0.15) is 5.10 Å². The minimum absolute atomic E-state index is 0.124. The highest BCUT2D eigenvalue weighted by molar-refractivity contribution is 8.00. The summed E-state index contributed by atoms with van der Waals surface area (Å²) < 4.78 is 1.71. The number of benzene rings is 2. The number of fused-ring (bicyclic) bond motifs is 1. The van der Waals surface area contributed by atoms with Crippen molar-refractivity contribution in [2.24, 2.45) is 5.92 Å². The molecule has 1 N–H and O–H groups in total. The number of aromatic nitrogens is 2. The van der Waals surface area contributed by atoms with Crippen molar-refractivity contribution in [2.75, 3.05) is 23.7 Å². The fourth-order valence-electron chi connectivity index (χ4n) is 4.36. The zero-order valence-electron chi connectivity index (χ0n) is 20.9. The summed E-state index contributed by atoms with van der Waals surface area (Å²) in [5, 5.41) is 10.8. The lowest BCUT2D eigenvalue weighted by Crippen LogP contribution is -2.43. The molecule has 1 unspecified atom stereocenters. The van der Waals surface area contributed by atoms with E-state index in [1.54, 1.807) is 27.0 Å². The molecule has 0 saturated carbocycles. The largest absolute Gasteiger partial charge is 0.354 e. The van der Waals surface area contributed by atoms with E-state index in [-0.39, 0.29) is 35.3 Å². The van der Waals surface area contributed by atoms with Gasteiger partial charge in [0, 0.05) is 17.1 Å². The summed E-state index contributed by atoms with van der Waals surface area (Å²) >= 11 is 16.1. The number of rotatable bonds is 7. The Hall–Kier alpha value is -2.78. The first-order valence-corrected chi connectivity index (χ1v) is 14.9. The predicted octanol–water partition coefficient (Wildman–Crippen LogP) is 6.85. The van der Waals surface area contributed by atoms with E-state index in [0.29, 0.717) is 28.1 Å². The second-order valence-electron chi connectivity index (χ2n) is 9.35. The standard InChI is InChI=1S/C28H26Cl2N4O2S2/c1-17(2)14-31-23(35)15-33-24(36)16-38-27(18-7-5-8-19(29)13-18)25-26(22-11-6-12-37-22)32-34(28(25)33)21-10-4-3-9-20(21)30/h3-13,17,27H,14-16H2,1-2H3,(H,31,35). The molecule has 0 fully saturated rings. The number of carbonyl (C=O) groups excluding carboxylic acids is 2. The van der Waals surface area contributed by atoms with E-state index in [1.165, 1.54) is 11.8 Å². The molecule has 0 aliphatic carbocycles. The summed E-state index contributed by atoms with van der Waals surface area (Å²) in [6.07, 6.45) is 0. The van der Waals surface area contributed by atoms with Gasteiger partial charge in [0.2, 0.25) is 11.8 Å². The summed E-state index contributed by atoms with van der Waals surface area (Å²) in [6, 6.07) is 19.0. The van der Waals surface area contributed by atoms with Gasteiger partial charge in [-0.05, 0) is 47.2 Å². The lowest BCUT2D eigenvalue weighted by atomic mass is 10.0. The highest BCUT2D eigenvalue weighted by Crippen LogP contribution is 2.49. The van der Waals surface area contributed by atoms with Crippen LogP contribution >= 0.6 is 46.3 Å². The number of thiophene rings is 1. The lowest BCUT2D eigenvalue weighted by molar-refractivity contribution is -0.123. The molecule has 0 spiro atoms. The Morgan fingerprint density at radius 2 is 1.95 bits per heavy atom. The molecule has 10 heteroatoms. The number of hydrogen-bond acceptors (Lipinski definition) is 5. The topological polar surface area (TPSA) is 67.2 Å². The Kier molecular flexibility index (Phi) is 8.14. The fraction of sp³-hybridized carbons (Fsp3) is 0.250. The molecule has 5 rings (SSSR count). The summed E-state index contributed by atoms with van der Waals surface area (Å²) in [5.74, 6) is 0.619. The maximum absolute atomic E-state index is 13.7. The van der Waals surface area contributed by atoms with E-state index in [1.807, 2.05) is 73.8 Å².